The number of benzene rings is 1. The third kappa shape index (κ3) is 3.01. The molecule has 0 radical (unpaired) electrons. The van der Waals surface area contributed by atoms with Crippen molar-refractivity contribution in [2.45, 2.75) is 32.7 Å². The van der Waals surface area contributed by atoms with Gasteiger partial charge in [0.25, 0.3) is 5.91 Å². The maximum absolute atomic E-state index is 12.4. The summed E-state index contributed by atoms with van der Waals surface area (Å²) in [7, 11) is 0. The highest BCUT2D eigenvalue weighted by molar-refractivity contribution is 6.18. The van der Waals surface area contributed by atoms with E-state index in [1.807, 2.05) is 30.9 Å². The number of hydrogen-bond donors (Lipinski definition) is 0. The first-order valence-electron chi connectivity index (χ1n) is 6.07. The summed E-state index contributed by atoms with van der Waals surface area (Å²) in [6, 6.07) is 6.42. The molecule has 0 N–H and O–H groups in total. The molecule has 0 atom stereocenters. The van der Waals surface area contributed by atoms with Crippen LogP contribution >= 0.6 is 11.6 Å². The minimum absolute atomic E-state index is 0.125. The number of amides is 1. The van der Waals surface area contributed by atoms with Gasteiger partial charge in [-0.1, -0.05) is 17.2 Å². The van der Waals surface area contributed by atoms with Crippen LogP contribution in [0.2, 0.25) is 0 Å². The summed E-state index contributed by atoms with van der Waals surface area (Å²) in [4.78, 5) is 14.3. The lowest BCUT2D eigenvalue weighted by Gasteiger charge is -2.21. The van der Waals surface area contributed by atoms with Crippen LogP contribution in [0.25, 0.3) is 0 Å². The molecule has 2 nitrogen and oxygen atoms in total. The highest BCUT2D eigenvalue weighted by Gasteiger charge is 2.32. The highest BCUT2D eigenvalue weighted by Crippen LogP contribution is 2.28. The quantitative estimate of drug-likeness (QED) is 0.753. The van der Waals surface area contributed by atoms with E-state index in [1.54, 1.807) is 0 Å². The molecule has 1 saturated carbocycles. The Hall–Kier alpha value is -1.02. The van der Waals surface area contributed by atoms with E-state index >= 15 is 0 Å². The van der Waals surface area contributed by atoms with Crippen LogP contribution in [0.5, 0.6) is 0 Å². The van der Waals surface area contributed by atoms with Crippen molar-refractivity contribution >= 4 is 17.5 Å². The first kappa shape index (κ1) is 12.4. The van der Waals surface area contributed by atoms with Gasteiger partial charge in [-0.2, -0.15) is 0 Å². The Morgan fingerprint density at radius 2 is 1.88 bits per heavy atom. The Morgan fingerprint density at radius 3 is 2.35 bits per heavy atom. The second kappa shape index (κ2) is 5.09. The Bertz CT molecular complexity index is 406. The van der Waals surface area contributed by atoms with Crippen LogP contribution in [0.3, 0.4) is 0 Å². The van der Waals surface area contributed by atoms with Crippen molar-refractivity contribution < 1.29 is 4.79 Å². The van der Waals surface area contributed by atoms with Gasteiger partial charge in [0.15, 0.2) is 0 Å². The molecule has 0 saturated heterocycles. The molecule has 0 bridgehead atoms. The summed E-state index contributed by atoms with van der Waals surface area (Å²) >= 11 is 5.77. The molecule has 0 spiro atoms. The number of carbonyl (C=O) groups is 1. The molecule has 0 aromatic heterocycles. The van der Waals surface area contributed by atoms with Gasteiger partial charge in [-0.3, -0.25) is 4.79 Å². The van der Waals surface area contributed by atoms with E-state index < -0.39 is 0 Å². The molecule has 1 aromatic carbocycles. The molecule has 3 heteroatoms. The number of nitrogens with zero attached hydrogens (tertiary/aromatic N) is 1. The predicted octanol–water partition coefficient (Wildman–Crippen LogP) is 3.15. The summed E-state index contributed by atoms with van der Waals surface area (Å²) < 4.78 is 0. The van der Waals surface area contributed by atoms with Crippen molar-refractivity contribution in [3.05, 3.63) is 34.9 Å². The van der Waals surface area contributed by atoms with Crippen LogP contribution < -0.4 is 0 Å². The standard InChI is InChI=1S/C14H18ClNO/c1-10-7-11(2)9-12(8-10)14(17)16(6-5-15)13-3-4-13/h7-9,13H,3-6H2,1-2H3. The second-order valence-electron chi connectivity index (χ2n) is 4.80. The number of carbonyl (C=O) groups excluding carboxylic acids is 1. The van der Waals surface area contributed by atoms with Crippen LogP contribution in [-0.4, -0.2) is 29.3 Å². The molecule has 1 aromatic rings. The van der Waals surface area contributed by atoms with Crippen molar-refractivity contribution in [3.63, 3.8) is 0 Å². The minimum atomic E-state index is 0.125. The number of alkyl halides is 1. The van der Waals surface area contributed by atoms with E-state index in [9.17, 15) is 4.79 Å². The maximum Gasteiger partial charge on any atom is 0.254 e. The minimum Gasteiger partial charge on any atom is -0.334 e. The van der Waals surface area contributed by atoms with Gasteiger partial charge in [0.1, 0.15) is 0 Å². The van der Waals surface area contributed by atoms with E-state index in [2.05, 4.69) is 6.07 Å². The zero-order valence-corrected chi connectivity index (χ0v) is 11.1. The van der Waals surface area contributed by atoms with Crippen LogP contribution in [0.1, 0.15) is 34.3 Å². The molecule has 1 aliphatic rings. The third-order valence-corrected chi connectivity index (χ3v) is 3.21. The normalized spacial score (nSPS) is 14.8. The SMILES string of the molecule is Cc1cc(C)cc(C(=O)N(CCCl)C2CC2)c1. The van der Waals surface area contributed by atoms with Crippen LogP contribution in [-0.2, 0) is 0 Å². The smallest absolute Gasteiger partial charge is 0.254 e. The lowest BCUT2D eigenvalue weighted by Crippen LogP contribution is -2.34. The van der Waals surface area contributed by atoms with E-state index in [1.165, 1.54) is 0 Å². The maximum atomic E-state index is 12.4. The molecular formula is C14H18ClNO. The van der Waals surface area contributed by atoms with Gasteiger partial charge in [0, 0.05) is 24.0 Å². The second-order valence-corrected chi connectivity index (χ2v) is 5.17. The fourth-order valence-electron chi connectivity index (χ4n) is 2.19. The van der Waals surface area contributed by atoms with Gasteiger partial charge in [0.2, 0.25) is 0 Å². The monoisotopic (exact) mass is 251 g/mol. The molecule has 0 heterocycles. The number of hydrogen-bond acceptors (Lipinski definition) is 1. The van der Waals surface area contributed by atoms with Gasteiger partial charge in [-0.25, -0.2) is 0 Å². The number of halogens is 1. The van der Waals surface area contributed by atoms with Gasteiger partial charge < -0.3 is 4.90 Å². The molecule has 1 amide bonds. The van der Waals surface area contributed by atoms with Gasteiger partial charge in [-0.05, 0) is 38.8 Å². The first-order chi connectivity index (χ1) is 8.11. The topological polar surface area (TPSA) is 20.3 Å². The summed E-state index contributed by atoms with van der Waals surface area (Å²) in [5.74, 6) is 0.632. The number of rotatable bonds is 4. The van der Waals surface area contributed by atoms with Crippen LogP contribution in [0, 0.1) is 13.8 Å². The molecule has 0 aliphatic heterocycles. The van der Waals surface area contributed by atoms with Crippen molar-refractivity contribution in [2.24, 2.45) is 0 Å². The summed E-state index contributed by atoms with van der Waals surface area (Å²) in [5, 5.41) is 0. The van der Waals surface area contributed by atoms with Gasteiger partial charge >= 0.3 is 0 Å². The van der Waals surface area contributed by atoms with Gasteiger partial charge in [-0.15, -0.1) is 11.6 Å². The van der Waals surface area contributed by atoms with Crippen LogP contribution in [0.4, 0.5) is 0 Å². The molecule has 92 valence electrons. The van der Waals surface area contributed by atoms with E-state index in [-0.39, 0.29) is 5.91 Å². The highest BCUT2D eigenvalue weighted by atomic mass is 35.5. The lowest BCUT2D eigenvalue weighted by molar-refractivity contribution is 0.0753. The van der Waals surface area contributed by atoms with Crippen molar-refractivity contribution in [1.29, 1.82) is 0 Å². The number of aryl methyl sites for hydroxylation is 2. The molecule has 0 unspecified atom stereocenters. The Kier molecular flexibility index (Phi) is 3.72. The Morgan fingerprint density at radius 1 is 1.29 bits per heavy atom. The third-order valence-electron chi connectivity index (χ3n) is 3.04. The molecule has 1 fully saturated rings. The molecule has 2 rings (SSSR count). The summed E-state index contributed by atoms with van der Waals surface area (Å²) in [6.45, 7) is 4.69. The van der Waals surface area contributed by atoms with Crippen molar-refractivity contribution in [1.82, 2.24) is 4.90 Å². The fraction of sp³-hybridized carbons (Fsp3) is 0.500. The molecule has 1 aliphatic carbocycles. The van der Waals surface area contributed by atoms with E-state index in [4.69, 9.17) is 11.6 Å². The average molecular weight is 252 g/mol. The zero-order chi connectivity index (χ0) is 12.4. The first-order valence-corrected chi connectivity index (χ1v) is 6.60. The predicted molar refractivity (Wildman–Crippen MR) is 70.7 cm³/mol. The van der Waals surface area contributed by atoms with Crippen LogP contribution in [0.15, 0.2) is 18.2 Å². The Balaban J connectivity index is 2.21. The largest absolute Gasteiger partial charge is 0.334 e. The zero-order valence-electron chi connectivity index (χ0n) is 10.4. The lowest BCUT2D eigenvalue weighted by atomic mass is 10.1. The van der Waals surface area contributed by atoms with Crippen molar-refractivity contribution in [2.75, 3.05) is 12.4 Å². The summed E-state index contributed by atoms with van der Waals surface area (Å²) in [6.07, 6.45) is 2.24. The Labute approximate surface area is 108 Å². The van der Waals surface area contributed by atoms with E-state index in [0.29, 0.717) is 18.5 Å². The van der Waals surface area contributed by atoms with Crippen molar-refractivity contribution in [3.8, 4) is 0 Å². The fourth-order valence-corrected chi connectivity index (χ4v) is 2.37. The molecule has 17 heavy (non-hydrogen) atoms. The molecular weight excluding hydrogens is 234 g/mol. The van der Waals surface area contributed by atoms with Gasteiger partial charge in [0.05, 0.1) is 0 Å². The van der Waals surface area contributed by atoms with E-state index in [0.717, 1.165) is 29.5 Å². The summed E-state index contributed by atoms with van der Waals surface area (Å²) in [5.41, 5.74) is 3.06. The average Bonchev–Trinajstić information content (AvgIpc) is 3.07.